The Morgan fingerprint density at radius 3 is 1.88 bits per heavy atom. The quantitative estimate of drug-likeness (QED) is 0.367. The summed E-state index contributed by atoms with van der Waals surface area (Å²) in [5, 5.41) is 24.9. The molecule has 0 atom stereocenters. The van der Waals surface area contributed by atoms with Gasteiger partial charge in [0.25, 0.3) is 0 Å². The summed E-state index contributed by atoms with van der Waals surface area (Å²) in [7, 11) is 1.59. The number of nitrogens with zero attached hydrogens (tertiary/aromatic N) is 6. The average Bonchev–Trinajstić information content (AvgIpc) is 3.31. The standard InChI is InChI=1S/C11H10ClN3O3.C10H9BrClN3/c1-18-8-4-2-7(3-5-8)6-15-13-9(11(16)17)10(12)14-15;1-7-2-4-8(5-3-7)6-15-13-9(11)10(12)14-15/h2-5H,6H2,1H3,(H,16,17);2-5H,6H2,1H3. The lowest BCUT2D eigenvalue weighted by Crippen LogP contribution is -2.05. The Labute approximate surface area is 208 Å². The smallest absolute Gasteiger partial charge is 0.359 e. The molecule has 0 fully saturated rings. The first-order chi connectivity index (χ1) is 15.7. The predicted octanol–water partition coefficient (Wildman–Crippen LogP) is 4.74. The van der Waals surface area contributed by atoms with E-state index in [0.29, 0.717) is 22.8 Å². The number of ether oxygens (including phenoxy) is 1. The van der Waals surface area contributed by atoms with Gasteiger partial charge in [-0.25, -0.2) is 4.79 Å². The lowest BCUT2D eigenvalue weighted by molar-refractivity contribution is 0.0689. The molecular formula is C21H19BrCl2N6O3. The zero-order chi connectivity index (χ0) is 24.0. The number of methoxy groups -OCH3 is 1. The molecule has 0 aliphatic heterocycles. The average molecular weight is 554 g/mol. The second-order valence-electron chi connectivity index (χ2n) is 6.82. The molecule has 0 saturated carbocycles. The molecule has 2 aromatic heterocycles. The summed E-state index contributed by atoms with van der Waals surface area (Å²) < 4.78 is 5.62. The van der Waals surface area contributed by atoms with E-state index in [2.05, 4.69) is 67.5 Å². The molecule has 0 bridgehead atoms. The highest BCUT2D eigenvalue weighted by atomic mass is 79.9. The van der Waals surface area contributed by atoms with Crippen LogP contribution in [-0.2, 0) is 13.1 Å². The van der Waals surface area contributed by atoms with Gasteiger partial charge < -0.3 is 9.84 Å². The van der Waals surface area contributed by atoms with E-state index >= 15 is 0 Å². The fourth-order valence-electron chi connectivity index (χ4n) is 2.66. The van der Waals surface area contributed by atoms with Gasteiger partial charge in [0.2, 0.25) is 5.69 Å². The molecule has 0 unspecified atom stereocenters. The lowest BCUT2D eigenvalue weighted by Gasteiger charge is -2.02. The van der Waals surface area contributed by atoms with Crippen LogP contribution in [0.5, 0.6) is 5.75 Å². The monoisotopic (exact) mass is 552 g/mol. The molecule has 0 amide bonds. The highest BCUT2D eigenvalue weighted by Gasteiger charge is 2.15. The van der Waals surface area contributed by atoms with E-state index in [1.54, 1.807) is 24.0 Å². The summed E-state index contributed by atoms with van der Waals surface area (Å²) in [6.45, 7) is 3.03. The van der Waals surface area contributed by atoms with Crippen LogP contribution < -0.4 is 4.74 Å². The number of carboxylic acid groups (broad SMARTS) is 1. The molecule has 4 rings (SSSR count). The van der Waals surface area contributed by atoms with Crippen molar-refractivity contribution in [3.05, 3.63) is 85.8 Å². The number of benzene rings is 2. The third-order valence-electron chi connectivity index (χ3n) is 4.32. The third-order valence-corrected chi connectivity index (χ3v) is 5.59. The molecule has 2 heterocycles. The summed E-state index contributed by atoms with van der Waals surface area (Å²) in [5.41, 5.74) is 3.07. The molecule has 33 heavy (non-hydrogen) atoms. The van der Waals surface area contributed by atoms with Crippen molar-refractivity contribution in [3.63, 3.8) is 0 Å². The van der Waals surface area contributed by atoms with Crippen LogP contribution >= 0.6 is 39.1 Å². The predicted molar refractivity (Wildman–Crippen MR) is 127 cm³/mol. The molecule has 12 heteroatoms. The molecule has 0 saturated heterocycles. The molecule has 0 spiro atoms. The SMILES string of the molecule is COc1ccc(Cn2nc(Cl)c(C(=O)O)n2)cc1.Cc1ccc(Cn2nc(Cl)c(Br)n2)cc1. The summed E-state index contributed by atoms with van der Waals surface area (Å²) >= 11 is 14.7. The van der Waals surface area contributed by atoms with Crippen LogP contribution in [0.1, 0.15) is 27.2 Å². The lowest BCUT2D eigenvalue weighted by atomic mass is 10.1. The summed E-state index contributed by atoms with van der Waals surface area (Å²) in [6.07, 6.45) is 0. The Bertz CT molecular complexity index is 1210. The topological polar surface area (TPSA) is 108 Å². The minimum Gasteiger partial charge on any atom is -0.497 e. The molecule has 4 aromatic rings. The molecule has 9 nitrogen and oxygen atoms in total. The van der Waals surface area contributed by atoms with Crippen molar-refractivity contribution in [2.75, 3.05) is 7.11 Å². The number of hydrogen-bond acceptors (Lipinski definition) is 6. The van der Waals surface area contributed by atoms with Crippen LogP contribution in [0.2, 0.25) is 10.3 Å². The number of rotatable bonds is 6. The molecule has 172 valence electrons. The largest absolute Gasteiger partial charge is 0.497 e. The molecule has 1 N–H and O–H groups in total. The minimum atomic E-state index is -1.19. The Kier molecular flexibility index (Phi) is 8.43. The number of aromatic carboxylic acids is 1. The van der Waals surface area contributed by atoms with Gasteiger partial charge >= 0.3 is 5.97 Å². The normalized spacial score (nSPS) is 10.5. The zero-order valence-electron chi connectivity index (χ0n) is 17.6. The van der Waals surface area contributed by atoms with E-state index in [4.69, 9.17) is 33.0 Å². The maximum atomic E-state index is 10.8. The fourth-order valence-corrected chi connectivity index (χ4v) is 3.25. The van der Waals surface area contributed by atoms with Crippen LogP contribution in [-0.4, -0.2) is 48.2 Å². The van der Waals surface area contributed by atoms with Crippen molar-refractivity contribution in [2.24, 2.45) is 0 Å². The first-order valence-corrected chi connectivity index (χ1v) is 11.1. The van der Waals surface area contributed by atoms with Crippen LogP contribution in [0.15, 0.2) is 53.1 Å². The van der Waals surface area contributed by atoms with Crippen molar-refractivity contribution in [1.29, 1.82) is 0 Å². The number of hydrogen-bond donors (Lipinski definition) is 1. The van der Waals surface area contributed by atoms with Gasteiger partial charge in [0.1, 0.15) is 5.75 Å². The molecule has 0 aliphatic rings. The number of aryl methyl sites for hydroxylation is 1. The second-order valence-corrected chi connectivity index (χ2v) is 8.29. The van der Waals surface area contributed by atoms with Crippen molar-refractivity contribution in [1.82, 2.24) is 30.0 Å². The van der Waals surface area contributed by atoms with Gasteiger partial charge in [0, 0.05) is 0 Å². The highest BCUT2D eigenvalue weighted by molar-refractivity contribution is 9.10. The number of halogens is 3. The Hall–Kier alpha value is -2.95. The molecular weight excluding hydrogens is 535 g/mol. The molecule has 0 radical (unpaired) electrons. The van der Waals surface area contributed by atoms with Crippen molar-refractivity contribution in [3.8, 4) is 5.75 Å². The maximum absolute atomic E-state index is 10.8. The van der Waals surface area contributed by atoms with Crippen LogP contribution in [0.3, 0.4) is 0 Å². The molecule has 0 aliphatic carbocycles. The van der Waals surface area contributed by atoms with Gasteiger partial charge in [-0.3, -0.25) is 0 Å². The second kappa shape index (κ2) is 11.3. The minimum absolute atomic E-state index is 0.115. The van der Waals surface area contributed by atoms with Gasteiger partial charge in [0.05, 0.1) is 20.2 Å². The van der Waals surface area contributed by atoms with Gasteiger partial charge in [-0.1, -0.05) is 65.2 Å². The van der Waals surface area contributed by atoms with E-state index < -0.39 is 5.97 Å². The maximum Gasteiger partial charge on any atom is 0.359 e. The number of carboxylic acids is 1. The van der Waals surface area contributed by atoms with E-state index in [1.807, 2.05) is 12.1 Å². The number of aromatic nitrogens is 6. The highest BCUT2D eigenvalue weighted by Crippen LogP contribution is 2.17. The molecule has 2 aromatic carbocycles. The zero-order valence-corrected chi connectivity index (χ0v) is 20.7. The van der Waals surface area contributed by atoms with E-state index in [9.17, 15) is 4.79 Å². The summed E-state index contributed by atoms with van der Waals surface area (Å²) in [5.74, 6) is -0.447. The number of carbonyl (C=O) groups is 1. The van der Waals surface area contributed by atoms with E-state index in [-0.39, 0.29) is 10.8 Å². The Balaban J connectivity index is 0.000000189. The summed E-state index contributed by atoms with van der Waals surface area (Å²) in [4.78, 5) is 13.6. The van der Waals surface area contributed by atoms with Crippen molar-refractivity contribution < 1.29 is 14.6 Å². The Morgan fingerprint density at radius 2 is 1.42 bits per heavy atom. The van der Waals surface area contributed by atoms with Gasteiger partial charge in [-0.15, -0.1) is 20.4 Å². The van der Waals surface area contributed by atoms with Gasteiger partial charge in [-0.2, -0.15) is 9.59 Å². The van der Waals surface area contributed by atoms with Crippen molar-refractivity contribution in [2.45, 2.75) is 20.0 Å². The van der Waals surface area contributed by atoms with E-state index in [1.165, 1.54) is 10.4 Å². The van der Waals surface area contributed by atoms with Crippen LogP contribution in [0.25, 0.3) is 0 Å². The fraction of sp³-hybridized carbons (Fsp3) is 0.190. The third kappa shape index (κ3) is 7.01. The van der Waals surface area contributed by atoms with Crippen molar-refractivity contribution >= 4 is 45.1 Å². The van der Waals surface area contributed by atoms with Gasteiger partial charge in [-0.05, 0) is 46.1 Å². The Morgan fingerprint density at radius 1 is 0.909 bits per heavy atom. The first-order valence-electron chi connectivity index (χ1n) is 9.53. The van der Waals surface area contributed by atoms with Crippen LogP contribution in [0.4, 0.5) is 0 Å². The first kappa shape index (κ1) is 24.7. The van der Waals surface area contributed by atoms with Gasteiger partial charge in [0.15, 0.2) is 14.9 Å². The van der Waals surface area contributed by atoms with E-state index in [0.717, 1.165) is 16.9 Å². The summed E-state index contributed by atoms with van der Waals surface area (Å²) in [6, 6.07) is 15.5. The van der Waals surface area contributed by atoms with Crippen LogP contribution in [0, 0.1) is 6.92 Å².